The van der Waals surface area contributed by atoms with Crippen molar-refractivity contribution in [3.05, 3.63) is 42.5 Å². The number of anilines is 1. The Balaban J connectivity index is 2.16. The van der Waals surface area contributed by atoms with Gasteiger partial charge in [-0.2, -0.15) is 0 Å². The van der Waals surface area contributed by atoms with Crippen LogP contribution in [-0.4, -0.2) is 11.6 Å². The van der Waals surface area contributed by atoms with Crippen LogP contribution in [0.4, 0.5) is 5.82 Å². The molecule has 3 heteroatoms. The number of benzene rings is 1. The number of rotatable bonds is 5. The van der Waals surface area contributed by atoms with Crippen LogP contribution in [0.3, 0.4) is 0 Å². The molecule has 0 unspecified atom stereocenters. The topological polar surface area (TPSA) is 48.1 Å². The Morgan fingerprint density at radius 1 is 1.16 bits per heavy atom. The molecule has 0 saturated carbocycles. The van der Waals surface area contributed by atoms with E-state index in [-0.39, 0.29) is 0 Å². The maximum atomic E-state index is 5.84. The van der Waals surface area contributed by atoms with E-state index >= 15 is 0 Å². The highest BCUT2D eigenvalue weighted by Crippen LogP contribution is 2.24. The van der Waals surface area contributed by atoms with Crippen molar-refractivity contribution in [3.8, 4) is 17.0 Å². The first-order valence-corrected chi connectivity index (χ1v) is 6.61. The molecule has 0 aliphatic carbocycles. The van der Waals surface area contributed by atoms with Crippen LogP contribution in [0.25, 0.3) is 11.3 Å². The van der Waals surface area contributed by atoms with E-state index in [9.17, 15) is 0 Å². The van der Waals surface area contributed by atoms with Gasteiger partial charge in [-0.05, 0) is 12.3 Å². The minimum Gasteiger partial charge on any atom is -0.493 e. The molecule has 1 aromatic heterocycles. The van der Waals surface area contributed by atoms with E-state index in [2.05, 4.69) is 18.8 Å². The summed E-state index contributed by atoms with van der Waals surface area (Å²) in [6.45, 7) is 5.06. The van der Waals surface area contributed by atoms with Gasteiger partial charge in [-0.15, -0.1) is 0 Å². The van der Waals surface area contributed by atoms with Crippen molar-refractivity contribution in [3.63, 3.8) is 0 Å². The molecule has 0 fully saturated rings. The van der Waals surface area contributed by atoms with E-state index in [1.807, 2.05) is 36.4 Å². The fourth-order valence-electron chi connectivity index (χ4n) is 1.78. The molecule has 2 aromatic rings. The quantitative estimate of drug-likeness (QED) is 0.886. The van der Waals surface area contributed by atoms with Crippen molar-refractivity contribution >= 4 is 5.82 Å². The van der Waals surface area contributed by atoms with Crippen molar-refractivity contribution in [1.82, 2.24) is 4.98 Å². The molecular formula is C16H20N2O. The second kappa shape index (κ2) is 6.23. The molecule has 2 N–H and O–H groups in total. The van der Waals surface area contributed by atoms with E-state index in [4.69, 9.17) is 10.5 Å². The number of hydrogen-bond acceptors (Lipinski definition) is 3. The van der Waals surface area contributed by atoms with Crippen LogP contribution < -0.4 is 10.5 Å². The highest BCUT2D eigenvalue weighted by atomic mass is 16.5. The van der Waals surface area contributed by atoms with E-state index in [0.29, 0.717) is 18.3 Å². The lowest BCUT2D eigenvalue weighted by atomic mass is 10.1. The third kappa shape index (κ3) is 3.98. The maximum absolute atomic E-state index is 5.84. The molecule has 0 aliphatic rings. The number of pyridine rings is 1. The van der Waals surface area contributed by atoms with E-state index in [0.717, 1.165) is 23.4 Å². The maximum Gasteiger partial charge on any atom is 0.127 e. The first kappa shape index (κ1) is 13.4. The molecule has 100 valence electrons. The summed E-state index contributed by atoms with van der Waals surface area (Å²) in [6, 6.07) is 13.7. The average molecular weight is 256 g/mol. The number of nitrogen functional groups attached to an aromatic ring is 1. The molecule has 0 aliphatic heterocycles. The minimum absolute atomic E-state index is 0.487. The van der Waals surface area contributed by atoms with Gasteiger partial charge in [-0.3, -0.25) is 0 Å². The Hall–Kier alpha value is -2.03. The fourth-order valence-corrected chi connectivity index (χ4v) is 1.78. The molecule has 1 heterocycles. The second-order valence-electron chi connectivity index (χ2n) is 5.01. The van der Waals surface area contributed by atoms with E-state index in [1.165, 1.54) is 0 Å². The molecule has 1 aromatic carbocycles. The largest absolute Gasteiger partial charge is 0.493 e. The number of ether oxygens (including phenoxy) is 1. The Morgan fingerprint density at radius 3 is 2.58 bits per heavy atom. The summed E-state index contributed by atoms with van der Waals surface area (Å²) in [5.41, 5.74) is 7.73. The lowest BCUT2D eigenvalue weighted by molar-refractivity contribution is 0.289. The molecule has 2 rings (SSSR count). The normalized spacial score (nSPS) is 10.7. The van der Waals surface area contributed by atoms with Crippen LogP contribution in [0.15, 0.2) is 42.5 Å². The molecule has 0 bridgehead atoms. The van der Waals surface area contributed by atoms with Crippen molar-refractivity contribution in [1.29, 1.82) is 0 Å². The van der Waals surface area contributed by atoms with Gasteiger partial charge in [0.15, 0.2) is 0 Å². The van der Waals surface area contributed by atoms with Gasteiger partial charge in [-0.25, -0.2) is 4.98 Å². The lowest BCUT2D eigenvalue weighted by Crippen LogP contribution is -2.03. The number of hydrogen-bond donors (Lipinski definition) is 1. The SMILES string of the molecule is CC(C)CCOc1cc(N)nc(-c2ccccc2)c1. The van der Waals surface area contributed by atoms with Crippen molar-refractivity contribution < 1.29 is 4.74 Å². The van der Waals surface area contributed by atoms with E-state index in [1.54, 1.807) is 6.07 Å². The summed E-state index contributed by atoms with van der Waals surface area (Å²) >= 11 is 0. The molecular weight excluding hydrogens is 236 g/mol. The zero-order valence-electron chi connectivity index (χ0n) is 11.5. The number of aromatic nitrogens is 1. The van der Waals surface area contributed by atoms with Crippen LogP contribution in [0.1, 0.15) is 20.3 Å². The molecule has 0 saturated heterocycles. The summed E-state index contributed by atoms with van der Waals surface area (Å²) in [5.74, 6) is 1.90. The number of nitrogens with two attached hydrogens (primary N) is 1. The molecule has 3 nitrogen and oxygen atoms in total. The monoisotopic (exact) mass is 256 g/mol. The van der Waals surface area contributed by atoms with Crippen molar-refractivity contribution in [2.45, 2.75) is 20.3 Å². The van der Waals surface area contributed by atoms with Crippen molar-refractivity contribution in [2.75, 3.05) is 12.3 Å². The van der Waals surface area contributed by atoms with Gasteiger partial charge < -0.3 is 10.5 Å². The molecule has 0 atom stereocenters. The van der Waals surface area contributed by atoms with Gasteiger partial charge in [0.1, 0.15) is 11.6 Å². The molecule has 0 radical (unpaired) electrons. The van der Waals surface area contributed by atoms with Gasteiger partial charge >= 0.3 is 0 Å². The Kier molecular flexibility index (Phi) is 4.39. The van der Waals surface area contributed by atoms with Gasteiger partial charge in [0.2, 0.25) is 0 Å². The van der Waals surface area contributed by atoms with Gasteiger partial charge in [0, 0.05) is 17.7 Å². The first-order chi connectivity index (χ1) is 9.15. The minimum atomic E-state index is 0.487. The van der Waals surface area contributed by atoms with Crippen molar-refractivity contribution in [2.24, 2.45) is 5.92 Å². The predicted octanol–water partition coefficient (Wildman–Crippen LogP) is 3.76. The highest BCUT2D eigenvalue weighted by Gasteiger charge is 2.04. The molecule has 0 amide bonds. The molecule has 19 heavy (non-hydrogen) atoms. The predicted molar refractivity (Wildman–Crippen MR) is 79.0 cm³/mol. The van der Waals surface area contributed by atoms with Crippen LogP contribution >= 0.6 is 0 Å². The van der Waals surface area contributed by atoms with Crippen LogP contribution in [-0.2, 0) is 0 Å². The summed E-state index contributed by atoms with van der Waals surface area (Å²) in [5, 5.41) is 0. The third-order valence-electron chi connectivity index (χ3n) is 2.85. The summed E-state index contributed by atoms with van der Waals surface area (Å²) < 4.78 is 5.74. The smallest absolute Gasteiger partial charge is 0.127 e. The first-order valence-electron chi connectivity index (χ1n) is 6.61. The number of nitrogens with zero attached hydrogens (tertiary/aromatic N) is 1. The van der Waals surface area contributed by atoms with Gasteiger partial charge in [0.05, 0.1) is 12.3 Å². The third-order valence-corrected chi connectivity index (χ3v) is 2.85. The van der Waals surface area contributed by atoms with Crippen LogP contribution in [0, 0.1) is 5.92 Å². The fraction of sp³-hybridized carbons (Fsp3) is 0.312. The van der Waals surface area contributed by atoms with Gasteiger partial charge in [0.25, 0.3) is 0 Å². The lowest BCUT2D eigenvalue weighted by Gasteiger charge is -2.10. The van der Waals surface area contributed by atoms with E-state index < -0.39 is 0 Å². The van der Waals surface area contributed by atoms with Gasteiger partial charge in [-0.1, -0.05) is 44.2 Å². The Morgan fingerprint density at radius 2 is 1.89 bits per heavy atom. The average Bonchev–Trinajstić information content (AvgIpc) is 2.39. The van der Waals surface area contributed by atoms with Crippen LogP contribution in [0.2, 0.25) is 0 Å². The standard InChI is InChI=1S/C16H20N2O/c1-12(2)8-9-19-14-10-15(18-16(17)11-14)13-6-4-3-5-7-13/h3-7,10-12H,8-9H2,1-2H3,(H2,17,18). The summed E-state index contributed by atoms with van der Waals surface area (Å²) in [7, 11) is 0. The second-order valence-corrected chi connectivity index (χ2v) is 5.01. The van der Waals surface area contributed by atoms with Crippen LogP contribution in [0.5, 0.6) is 5.75 Å². The Labute approximate surface area is 114 Å². The summed E-state index contributed by atoms with van der Waals surface area (Å²) in [4.78, 5) is 4.35. The highest BCUT2D eigenvalue weighted by molar-refractivity contribution is 5.63. The summed E-state index contributed by atoms with van der Waals surface area (Å²) in [6.07, 6.45) is 1.03. The zero-order valence-corrected chi connectivity index (χ0v) is 11.5. The Bertz CT molecular complexity index is 524. The molecule has 0 spiro atoms. The zero-order chi connectivity index (χ0) is 13.7.